The Balaban J connectivity index is 1.62. The predicted octanol–water partition coefficient (Wildman–Crippen LogP) is 2.29. The van der Waals surface area contributed by atoms with Crippen LogP contribution in [0, 0.1) is 24.0 Å². The molecular weight excluding hydrogens is 336 g/mol. The third-order valence-electron chi connectivity index (χ3n) is 3.92. The second-order valence-electron chi connectivity index (χ2n) is 5.93. The first kappa shape index (κ1) is 17.3. The Hall–Kier alpha value is -3.49. The molecule has 1 N–H and O–H groups in total. The molecule has 3 aromatic rings. The van der Waals surface area contributed by atoms with Crippen LogP contribution in [-0.4, -0.2) is 30.4 Å². The number of amides is 1. The molecule has 0 bridgehead atoms. The average molecular weight is 354 g/mol. The van der Waals surface area contributed by atoms with Gasteiger partial charge in [0, 0.05) is 12.3 Å². The fourth-order valence-electron chi connectivity index (χ4n) is 2.58. The molecule has 0 spiro atoms. The Morgan fingerprint density at radius 3 is 2.65 bits per heavy atom. The van der Waals surface area contributed by atoms with Crippen LogP contribution in [0.15, 0.2) is 42.7 Å². The van der Waals surface area contributed by atoms with Gasteiger partial charge in [0.1, 0.15) is 18.4 Å². The van der Waals surface area contributed by atoms with Crippen molar-refractivity contribution in [2.75, 3.05) is 5.32 Å². The van der Waals surface area contributed by atoms with Gasteiger partial charge in [0.15, 0.2) is 5.82 Å². The topological polar surface area (TPSA) is 108 Å². The zero-order valence-corrected chi connectivity index (χ0v) is 14.4. The lowest BCUT2D eigenvalue weighted by atomic mass is 10.1. The summed E-state index contributed by atoms with van der Waals surface area (Å²) >= 11 is 0. The maximum atomic E-state index is 12.1. The number of carbonyl (C=O) groups excluding carboxylic acids is 1. The second-order valence-corrected chi connectivity index (χ2v) is 5.93. The average Bonchev–Trinajstić information content (AvgIpc) is 3.16. The van der Waals surface area contributed by atoms with Crippen LogP contribution in [0.5, 0.6) is 0 Å². The minimum absolute atomic E-state index is 0.111. The molecule has 0 radical (unpaired) electrons. The van der Waals surface area contributed by atoms with Gasteiger partial charge >= 0.3 is 5.69 Å². The first-order valence-electron chi connectivity index (χ1n) is 7.98. The maximum absolute atomic E-state index is 12.1. The smallest absolute Gasteiger partial charge is 0.308 e. The minimum atomic E-state index is -0.524. The number of carbonyl (C=O) groups is 1. The fraction of sp³-hybridized carbons (Fsp3) is 0.235. The number of aryl methyl sites for hydroxylation is 2. The maximum Gasteiger partial charge on any atom is 0.309 e. The highest BCUT2D eigenvalue weighted by molar-refractivity contribution is 5.89. The van der Waals surface area contributed by atoms with Gasteiger partial charge in [0.25, 0.3) is 0 Å². The van der Waals surface area contributed by atoms with Gasteiger partial charge in [0.05, 0.1) is 11.5 Å². The van der Waals surface area contributed by atoms with Crippen molar-refractivity contribution < 1.29 is 9.72 Å². The third kappa shape index (κ3) is 3.94. The van der Waals surface area contributed by atoms with Gasteiger partial charge in [-0.05, 0) is 25.0 Å². The van der Waals surface area contributed by atoms with Crippen LogP contribution in [0.1, 0.15) is 16.8 Å². The minimum Gasteiger partial charge on any atom is -0.308 e. The summed E-state index contributed by atoms with van der Waals surface area (Å²) in [5.74, 6) is 0.0606. The van der Waals surface area contributed by atoms with Crippen molar-refractivity contribution in [2.24, 2.45) is 0 Å². The van der Waals surface area contributed by atoms with Crippen LogP contribution >= 0.6 is 0 Å². The highest BCUT2D eigenvalue weighted by atomic mass is 16.6. The van der Waals surface area contributed by atoms with Gasteiger partial charge in [-0.3, -0.25) is 24.3 Å². The van der Waals surface area contributed by atoms with Gasteiger partial charge in [0.2, 0.25) is 5.91 Å². The molecule has 9 nitrogen and oxygen atoms in total. The molecule has 2 heterocycles. The number of hydrogen-bond acceptors (Lipinski definition) is 5. The molecule has 0 saturated carbocycles. The number of nitrogens with zero attached hydrogens (tertiary/aromatic N) is 5. The Labute approximate surface area is 149 Å². The summed E-state index contributed by atoms with van der Waals surface area (Å²) in [7, 11) is 0. The summed E-state index contributed by atoms with van der Waals surface area (Å²) in [6.07, 6.45) is 3.02. The summed E-state index contributed by atoms with van der Waals surface area (Å²) in [5.41, 5.74) is 2.47. The van der Waals surface area contributed by atoms with Crippen LogP contribution < -0.4 is 5.32 Å². The van der Waals surface area contributed by atoms with Crippen molar-refractivity contribution in [1.82, 2.24) is 19.6 Å². The second kappa shape index (κ2) is 7.18. The molecular formula is C17H18N6O3. The summed E-state index contributed by atoms with van der Waals surface area (Å²) in [6.45, 7) is 4.04. The van der Waals surface area contributed by atoms with Crippen molar-refractivity contribution in [3.63, 3.8) is 0 Å². The molecule has 0 atom stereocenters. The molecule has 2 aromatic heterocycles. The van der Waals surface area contributed by atoms with E-state index < -0.39 is 4.92 Å². The predicted molar refractivity (Wildman–Crippen MR) is 94.8 cm³/mol. The van der Waals surface area contributed by atoms with E-state index in [9.17, 15) is 14.9 Å². The van der Waals surface area contributed by atoms with Crippen LogP contribution in [0.3, 0.4) is 0 Å². The molecule has 0 saturated heterocycles. The standard InChI is InChI=1S/C17H18N6O3/c1-12-5-3-4-6-14(12)9-21-8-7-16(20-21)18-17(24)11-22-10-15(23(25)26)13(2)19-22/h3-8,10H,9,11H2,1-2H3,(H,18,20,24). The highest BCUT2D eigenvalue weighted by Crippen LogP contribution is 2.15. The van der Waals surface area contributed by atoms with Gasteiger partial charge in [-0.25, -0.2) is 0 Å². The lowest BCUT2D eigenvalue weighted by molar-refractivity contribution is -0.385. The van der Waals surface area contributed by atoms with Crippen LogP contribution in [0.4, 0.5) is 11.5 Å². The normalized spacial score (nSPS) is 10.7. The van der Waals surface area contributed by atoms with Crippen molar-refractivity contribution in [1.29, 1.82) is 0 Å². The van der Waals surface area contributed by atoms with Gasteiger partial charge in [-0.15, -0.1) is 0 Å². The molecule has 3 rings (SSSR count). The summed E-state index contributed by atoms with van der Waals surface area (Å²) in [6, 6.07) is 9.72. The molecule has 26 heavy (non-hydrogen) atoms. The van der Waals surface area contributed by atoms with E-state index in [0.29, 0.717) is 12.4 Å². The van der Waals surface area contributed by atoms with E-state index >= 15 is 0 Å². The van der Waals surface area contributed by atoms with Gasteiger partial charge in [-0.2, -0.15) is 10.2 Å². The van der Waals surface area contributed by atoms with Crippen molar-refractivity contribution in [2.45, 2.75) is 26.9 Å². The number of nitrogens with one attached hydrogen (secondary N) is 1. The lowest BCUT2D eigenvalue weighted by Gasteiger charge is -2.05. The quantitative estimate of drug-likeness (QED) is 0.540. The number of rotatable bonds is 6. The molecule has 0 aliphatic heterocycles. The Kier molecular flexibility index (Phi) is 4.78. The van der Waals surface area contributed by atoms with E-state index in [-0.39, 0.29) is 23.8 Å². The SMILES string of the molecule is Cc1ccccc1Cn1ccc(NC(=O)Cn2cc([N+](=O)[O-])c(C)n2)n1. The molecule has 134 valence electrons. The zero-order valence-electron chi connectivity index (χ0n) is 14.4. The van der Waals surface area contributed by atoms with Crippen LogP contribution in [0.25, 0.3) is 0 Å². The summed E-state index contributed by atoms with van der Waals surface area (Å²) < 4.78 is 2.98. The molecule has 9 heteroatoms. The number of hydrogen-bond donors (Lipinski definition) is 1. The molecule has 0 fully saturated rings. The Morgan fingerprint density at radius 2 is 1.96 bits per heavy atom. The fourth-order valence-corrected chi connectivity index (χ4v) is 2.58. The number of benzene rings is 1. The number of aromatic nitrogens is 4. The summed E-state index contributed by atoms with van der Waals surface area (Å²) in [5, 5.41) is 21.8. The molecule has 0 aliphatic carbocycles. The summed E-state index contributed by atoms with van der Waals surface area (Å²) in [4.78, 5) is 22.4. The van der Waals surface area contributed by atoms with E-state index in [4.69, 9.17) is 0 Å². The molecule has 0 aliphatic rings. The Bertz CT molecular complexity index is 959. The first-order chi connectivity index (χ1) is 12.4. The van der Waals surface area contributed by atoms with E-state index in [2.05, 4.69) is 15.5 Å². The van der Waals surface area contributed by atoms with Gasteiger partial charge in [-0.1, -0.05) is 24.3 Å². The van der Waals surface area contributed by atoms with Gasteiger partial charge < -0.3 is 5.32 Å². The van der Waals surface area contributed by atoms with E-state index in [1.54, 1.807) is 16.9 Å². The van der Waals surface area contributed by atoms with Crippen molar-refractivity contribution in [3.8, 4) is 0 Å². The van der Waals surface area contributed by atoms with E-state index in [1.165, 1.54) is 23.4 Å². The van der Waals surface area contributed by atoms with Crippen molar-refractivity contribution in [3.05, 3.63) is 69.7 Å². The molecule has 0 unspecified atom stereocenters. The number of anilines is 1. The Morgan fingerprint density at radius 1 is 1.19 bits per heavy atom. The zero-order chi connectivity index (χ0) is 18.7. The van der Waals surface area contributed by atoms with Crippen LogP contribution in [0.2, 0.25) is 0 Å². The monoisotopic (exact) mass is 354 g/mol. The largest absolute Gasteiger partial charge is 0.309 e. The molecule has 1 aromatic carbocycles. The number of nitro groups is 1. The van der Waals surface area contributed by atoms with Crippen LogP contribution in [-0.2, 0) is 17.9 Å². The van der Waals surface area contributed by atoms with E-state index in [1.807, 2.05) is 31.2 Å². The third-order valence-corrected chi connectivity index (χ3v) is 3.92. The lowest BCUT2D eigenvalue weighted by Crippen LogP contribution is -2.19. The highest BCUT2D eigenvalue weighted by Gasteiger charge is 2.17. The van der Waals surface area contributed by atoms with Crippen molar-refractivity contribution >= 4 is 17.4 Å². The molecule has 1 amide bonds. The van der Waals surface area contributed by atoms with E-state index in [0.717, 1.165) is 5.56 Å². The first-order valence-corrected chi connectivity index (χ1v) is 7.98.